The molecule has 0 saturated carbocycles. The van der Waals surface area contributed by atoms with Gasteiger partial charge in [0.1, 0.15) is 0 Å². The zero-order valence-corrected chi connectivity index (χ0v) is 11.7. The highest BCUT2D eigenvalue weighted by atomic mass is 79.9. The standard InChI is InChI=1S/C9H11BrClNO2S/c1-6-4-7(10)9(5-8(6)11)15(13,14)12(2)3/h4-5H,1-3H3. The van der Waals surface area contributed by atoms with Crippen LogP contribution in [0.4, 0.5) is 0 Å². The molecule has 0 radical (unpaired) electrons. The summed E-state index contributed by atoms with van der Waals surface area (Å²) in [7, 11) is -0.481. The van der Waals surface area contributed by atoms with Gasteiger partial charge in [0.25, 0.3) is 0 Å². The third-order valence-corrected chi connectivity index (χ3v) is 5.15. The Bertz CT molecular complexity index is 485. The Morgan fingerprint density at radius 1 is 1.33 bits per heavy atom. The molecule has 1 rings (SSSR count). The molecule has 3 nitrogen and oxygen atoms in total. The van der Waals surface area contributed by atoms with Crippen LogP contribution in [0, 0.1) is 6.92 Å². The molecule has 0 aliphatic carbocycles. The van der Waals surface area contributed by atoms with Crippen LogP contribution in [0.2, 0.25) is 5.02 Å². The second-order valence-corrected chi connectivity index (χ2v) is 6.70. The minimum atomic E-state index is -3.44. The first-order chi connectivity index (χ1) is 6.76. The highest BCUT2D eigenvalue weighted by Crippen LogP contribution is 2.29. The average Bonchev–Trinajstić information content (AvgIpc) is 2.10. The fourth-order valence-electron chi connectivity index (χ4n) is 1.02. The van der Waals surface area contributed by atoms with E-state index < -0.39 is 10.0 Å². The van der Waals surface area contributed by atoms with Gasteiger partial charge in [0, 0.05) is 23.6 Å². The first kappa shape index (κ1) is 13.0. The summed E-state index contributed by atoms with van der Waals surface area (Å²) >= 11 is 9.11. The summed E-state index contributed by atoms with van der Waals surface area (Å²) in [5.74, 6) is 0. The maximum atomic E-state index is 11.9. The van der Waals surface area contributed by atoms with Gasteiger partial charge in [-0.15, -0.1) is 0 Å². The van der Waals surface area contributed by atoms with Crippen molar-refractivity contribution in [3.8, 4) is 0 Å². The molecular formula is C9H11BrClNO2S. The second kappa shape index (κ2) is 4.41. The zero-order valence-electron chi connectivity index (χ0n) is 8.58. The predicted octanol–water partition coefficient (Wildman–Crippen LogP) is 2.66. The van der Waals surface area contributed by atoms with Gasteiger partial charge in [0.05, 0.1) is 4.90 Å². The Morgan fingerprint density at radius 3 is 2.33 bits per heavy atom. The maximum absolute atomic E-state index is 11.9. The topological polar surface area (TPSA) is 37.4 Å². The molecule has 0 N–H and O–H groups in total. The fraction of sp³-hybridized carbons (Fsp3) is 0.333. The van der Waals surface area contributed by atoms with Crippen molar-refractivity contribution >= 4 is 37.6 Å². The van der Waals surface area contributed by atoms with Crippen molar-refractivity contribution < 1.29 is 8.42 Å². The predicted molar refractivity (Wildman–Crippen MR) is 64.8 cm³/mol. The molecule has 0 aromatic heterocycles. The van der Waals surface area contributed by atoms with Gasteiger partial charge in [0.15, 0.2) is 0 Å². The zero-order chi connectivity index (χ0) is 11.8. The average molecular weight is 313 g/mol. The van der Waals surface area contributed by atoms with Crippen LogP contribution in [0.3, 0.4) is 0 Å². The lowest BCUT2D eigenvalue weighted by atomic mass is 10.2. The van der Waals surface area contributed by atoms with Crippen LogP contribution < -0.4 is 0 Å². The molecule has 0 bridgehead atoms. The van der Waals surface area contributed by atoms with Gasteiger partial charge in [-0.2, -0.15) is 0 Å². The molecule has 0 aliphatic heterocycles. The van der Waals surface area contributed by atoms with Gasteiger partial charge in [-0.1, -0.05) is 11.6 Å². The van der Waals surface area contributed by atoms with E-state index >= 15 is 0 Å². The summed E-state index contributed by atoms with van der Waals surface area (Å²) < 4.78 is 25.4. The monoisotopic (exact) mass is 311 g/mol. The van der Waals surface area contributed by atoms with Crippen LogP contribution in [-0.4, -0.2) is 26.8 Å². The number of aryl methyl sites for hydroxylation is 1. The molecule has 0 heterocycles. The summed E-state index contributed by atoms with van der Waals surface area (Å²) in [6, 6.07) is 3.15. The normalized spacial score (nSPS) is 12.1. The van der Waals surface area contributed by atoms with Gasteiger partial charge in [-0.25, -0.2) is 12.7 Å². The molecule has 6 heteroatoms. The van der Waals surface area contributed by atoms with Crippen molar-refractivity contribution in [3.05, 3.63) is 27.2 Å². The number of hydrogen-bond donors (Lipinski definition) is 0. The molecule has 1 aromatic carbocycles. The summed E-state index contributed by atoms with van der Waals surface area (Å²) in [4.78, 5) is 0.183. The van der Waals surface area contributed by atoms with Crippen molar-refractivity contribution in [2.24, 2.45) is 0 Å². The van der Waals surface area contributed by atoms with Crippen LogP contribution in [0.15, 0.2) is 21.5 Å². The molecular weight excluding hydrogens is 302 g/mol. The second-order valence-electron chi connectivity index (χ2n) is 3.32. The van der Waals surface area contributed by atoms with Gasteiger partial charge in [0.2, 0.25) is 10.0 Å². The lowest BCUT2D eigenvalue weighted by Crippen LogP contribution is -2.22. The Morgan fingerprint density at radius 2 is 1.87 bits per heavy atom. The largest absolute Gasteiger partial charge is 0.243 e. The minimum absolute atomic E-state index is 0.183. The van der Waals surface area contributed by atoms with E-state index in [0.717, 1.165) is 9.87 Å². The van der Waals surface area contributed by atoms with E-state index in [1.54, 1.807) is 6.07 Å². The van der Waals surface area contributed by atoms with Gasteiger partial charge < -0.3 is 0 Å². The lowest BCUT2D eigenvalue weighted by molar-refractivity contribution is 0.520. The highest BCUT2D eigenvalue weighted by Gasteiger charge is 2.21. The van der Waals surface area contributed by atoms with Crippen molar-refractivity contribution in [2.45, 2.75) is 11.8 Å². The number of hydrogen-bond acceptors (Lipinski definition) is 2. The third-order valence-electron chi connectivity index (χ3n) is 1.97. The number of sulfonamides is 1. The van der Waals surface area contributed by atoms with E-state index in [1.165, 1.54) is 20.2 Å². The first-order valence-corrected chi connectivity index (χ1v) is 6.76. The van der Waals surface area contributed by atoms with Gasteiger partial charge in [-0.3, -0.25) is 0 Å². The van der Waals surface area contributed by atoms with Crippen molar-refractivity contribution in [1.82, 2.24) is 4.31 Å². The van der Waals surface area contributed by atoms with Gasteiger partial charge >= 0.3 is 0 Å². The molecule has 84 valence electrons. The number of halogens is 2. The smallest absolute Gasteiger partial charge is 0.207 e. The van der Waals surface area contributed by atoms with E-state index in [9.17, 15) is 8.42 Å². The van der Waals surface area contributed by atoms with Crippen molar-refractivity contribution in [2.75, 3.05) is 14.1 Å². The summed E-state index contributed by atoms with van der Waals surface area (Å²) in [6.07, 6.45) is 0. The van der Waals surface area contributed by atoms with E-state index in [-0.39, 0.29) is 4.90 Å². The molecule has 0 amide bonds. The van der Waals surface area contributed by atoms with Crippen LogP contribution in [0.25, 0.3) is 0 Å². The van der Waals surface area contributed by atoms with E-state index in [2.05, 4.69) is 15.9 Å². The Hall–Kier alpha value is -0.100. The Kier molecular flexibility index (Phi) is 3.81. The van der Waals surface area contributed by atoms with Crippen LogP contribution >= 0.6 is 27.5 Å². The molecule has 15 heavy (non-hydrogen) atoms. The van der Waals surface area contributed by atoms with E-state index in [1.807, 2.05) is 6.92 Å². The quantitative estimate of drug-likeness (QED) is 0.842. The molecule has 1 aromatic rings. The molecule has 0 aliphatic rings. The molecule has 0 unspecified atom stereocenters. The molecule has 0 fully saturated rings. The van der Waals surface area contributed by atoms with E-state index in [0.29, 0.717) is 9.50 Å². The maximum Gasteiger partial charge on any atom is 0.243 e. The summed E-state index contributed by atoms with van der Waals surface area (Å²) in [5, 5.41) is 0.443. The van der Waals surface area contributed by atoms with E-state index in [4.69, 9.17) is 11.6 Å². The fourth-order valence-corrected chi connectivity index (χ4v) is 3.29. The van der Waals surface area contributed by atoms with Crippen molar-refractivity contribution in [1.29, 1.82) is 0 Å². The number of benzene rings is 1. The SMILES string of the molecule is Cc1cc(Br)c(S(=O)(=O)N(C)C)cc1Cl. The van der Waals surface area contributed by atoms with Crippen LogP contribution in [0.1, 0.15) is 5.56 Å². The van der Waals surface area contributed by atoms with Crippen LogP contribution in [0.5, 0.6) is 0 Å². The molecule has 0 spiro atoms. The minimum Gasteiger partial charge on any atom is -0.207 e. The van der Waals surface area contributed by atoms with Crippen molar-refractivity contribution in [3.63, 3.8) is 0 Å². The van der Waals surface area contributed by atoms with Crippen LogP contribution in [-0.2, 0) is 10.0 Å². The lowest BCUT2D eigenvalue weighted by Gasteiger charge is -2.13. The summed E-state index contributed by atoms with van der Waals surface area (Å²) in [6.45, 7) is 1.82. The number of nitrogens with zero attached hydrogens (tertiary/aromatic N) is 1. The Labute approximate surface area is 103 Å². The Balaban J connectivity index is 3.46. The molecule has 0 atom stereocenters. The summed E-state index contributed by atoms with van der Waals surface area (Å²) in [5.41, 5.74) is 0.834. The molecule has 0 saturated heterocycles. The third kappa shape index (κ3) is 2.53. The highest BCUT2D eigenvalue weighted by molar-refractivity contribution is 9.10. The first-order valence-electron chi connectivity index (χ1n) is 4.15. The number of rotatable bonds is 2. The van der Waals surface area contributed by atoms with Gasteiger partial charge in [-0.05, 0) is 40.5 Å².